The lowest BCUT2D eigenvalue weighted by molar-refractivity contribution is -0.114. The van der Waals surface area contributed by atoms with E-state index in [0.717, 1.165) is 37.3 Å². The van der Waals surface area contributed by atoms with Crippen LogP contribution in [-0.4, -0.2) is 56.1 Å². The minimum atomic E-state index is -0.385. The molecule has 0 aromatic heterocycles. The number of carbonyl (C=O) groups is 2. The Balaban J connectivity index is 1.35. The van der Waals surface area contributed by atoms with Crippen molar-refractivity contribution in [3.05, 3.63) is 65.4 Å². The third-order valence-corrected chi connectivity index (χ3v) is 7.27. The van der Waals surface area contributed by atoms with Gasteiger partial charge in [-0.15, -0.1) is 0 Å². The smallest absolute Gasteiger partial charge is 0.260 e. The van der Waals surface area contributed by atoms with E-state index in [4.69, 9.17) is 4.74 Å². The zero-order valence-electron chi connectivity index (χ0n) is 20.4. The molecule has 35 heavy (non-hydrogen) atoms. The predicted octanol–water partition coefficient (Wildman–Crippen LogP) is 4.01. The number of amides is 2. The van der Waals surface area contributed by atoms with Gasteiger partial charge in [0.1, 0.15) is 0 Å². The number of nitrogens with zero attached hydrogens (tertiary/aromatic N) is 2. The van der Waals surface area contributed by atoms with Crippen LogP contribution < -0.4 is 15.5 Å². The van der Waals surface area contributed by atoms with Crippen molar-refractivity contribution in [1.29, 1.82) is 0 Å². The van der Waals surface area contributed by atoms with Crippen molar-refractivity contribution < 1.29 is 14.3 Å². The molecular formula is C28H34N4O3. The highest BCUT2D eigenvalue weighted by molar-refractivity contribution is 6.31. The Hall–Kier alpha value is -3.16. The quantitative estimate of drug-likeness (QED) is 0.467. The van der Waals surface area contributed by atoms with Crippen LogP contribution in [0.25, 0.3) is 5.57 Å². The highest BCUT2D eigenvalue weighted by Gasteiger charge is 2.30. The van der Waals surface area contributed by atoms with Gasteiger partial charge >= 0.3 is 0 Å². The third-order valence-electron chi connectivity index (χ3n) is 7.27. The van der Waals surface area contributed by atoms with E-state index >= 15 is 0 Å². The molecule has 0 spiro atoms. The zero-order valence-corrected chi connectivity index (χ0v) is 20.4. The molecule has 2 amide bonds. The van der Waals surface area contributed by atoms with E-state index in [1.165, 1.54) is 37.9 Å². The summed E-state index contributed by atoms with van der Waals surface area (Å²) < 4.78 is 5.40. The summed E-state index contributed by atoms with van der Waals surface area (Å²) in [6.45, 7) is 4.92. The summed E-state index contributed by atoms with van der Waals surface area (Å²) in [5.41, 5.74) is 4.84. The lowest BCUT2D eigenvalue weighted by Gasteiger charge is -2.28. The first kappa shape index (κ1) is 23.6. The van der Waals surface area contributed by atoms with E-state index in [2.05, 4.69) is 32.6 Å². The zero-order chi connectivity index (χ0) is 24.2. The van der Waals surface area contributed by atoms with Crippen LogP contribution in [0.4, 0.5) is 11.4 Å². The number of imide groups is 1. The number of ether oxygens (including phenoxy) is 1. The SMILES string of the molecule is COC[C@H]1CCCN1c1ccc2c(c1)C(=CNc1ccc(CN3CCCCC3)cc1)C(=O)NC2=O. The van der Waals surface area contributed by atoms with Crippen molar-refractivity contribution in [1.82, 2.24) is 10.2 Å². The first-order valence-corrected chi connectivity index (χ1v) is 12.7. The normalized spacial score (nSPS) is 21.8. The molecule has 2 N–H and O–H groups in total. The Bertz CT molecular complexity index is 1110. The molecule has 3 aliphatic rings. The van der Waals surface area contributed by atoms with Crippen molar-refractivity contribution in [3.63, 3.8) is 0 Å². The molecule has 2 aromatic carbocycles. The van der Waals surface area contributed by atoms with Gasteiger partial charge in [-0.3, -0.25) is 19.8 Å². The molecule has 2 saturated heterocycles. The van der Waals surface area contributed by atoms with Crippen molar-refractivity contribution in [2.45, 2.75) is 44.7 Å². The van der Waals surface area contributed by atoms with E-state index < -0.39 is 0 Å². The number of hydrogen-bond acceptors (Lipinski definition) is 6. The Morgan fingerprint density at radius 3 is 2.54 bits per heavy atom. The molecule has 184 valence electrons. The Morgan fingerprint density at radius 2 is 1.77 bits per heavy atom. The van der Waals surface area contributed by atoms with Gasteiger partial charge in [0.2, 0.25) is 0 Å². The summed E-state index contributed by atoms with van der Waals surface area (Å²) in [7, 11) is 1.72. The van der Waals surface area contributed by atoms with Gasteiger partial charge in [-0.2, -0.15) is 0 Å². The van der Waals surface area contributed by atoms with Gasteiger partial charge in [0.25, 0.3) is 11.8 Å². The number of piperidine rings is 1. The molecule has 0 saturated carbocycles. The molecule has 7 nitrogen and oxygen atoms in total. The standard InChI is InChI=1S/C28H34N4O3/c1-35-19-23-6-5-15-32(23)22-11-12-24-25(16-22)26(28(34)30-27(24)33)17-29-21-9-7-20(8-10-21)18-31-13-3-2-4-14-31/h7-12,16-17,23,29H,2-6,13-15,18-19H2,1H3,(H,30,33,34)/t23-/m1/s1. The fourth-order valence-corrected chi connectivity index (χ4v) is 5.41. The monoisotopic (exact) mass is 474 g/mol. The third kappa shape index (κ3) is 5.26. The van der Waals surface area contributed by atoms with Crippen LogP contribution in [0, 0.1) is 0 Å². The van der Waals surface area contributed by atoms with E-state index in [-0.39, 0.29) is 11.8 Å². The molecule has 0 radical (unpaired) electrons. The van der Waals surface area contributed by atoms with Crippen LogP contribution in [0.5, 0.6) is 0 Å². The number of methoxy groups -OCH3 is 1. The lowest BCUT2D eigenvalue weighted by Crippen LogP contribution is -2.37. The average molecular weight is 475 g/mol. The van der Waals surface area contributed by atoms with Crippen LogP contribution in [0.2, 0.25) is 0 Å². The summed E-state index contributed by atoms with van der Waals surface area (Å²) in [5, 5.41) is 5.74. The molecule has 0 aliphatic carbocycles. The predicted molar refractivity (Wildman–Crippen MR) is 138 cm³/mol. The molecule has 7 heteroatoms. The van der Waals surface area contributed by atoms with E-state index in [1.54, 1.807) is 13.3 Å². The van der Waals surface area contributed by atoms with Crippen molar-refractivity contribution >= 4 is 28.8 Å². The van der Waals surface area contributed by atoms with Crippen molar-refractivity contribution in [2.24, 2.45) is 0 Å². The minimum absolute atomic E-state index is 0.306. The fraction of sp³-hybridized carbons (Fsp3) is 0.429. The maximum absolute atomic E-state index is 12.8. The van der Waals surface area contributed by atoms with Gasteiger partial charge in [-0.1, -0.05) is 18.6 Å². The highest BCUT2D eigenvalue weighted by atomic mass is 16.5. The number of benzene rings is 2. The molecule has 1 atom stereocenters. The maximum Gasteiger partial charge on any atom is 0.260 e. The first-order valence-electron chi connectivity index (χ1n) is 12.7. The van der Waals surface area contributed by atoms with Crippen LogP contribution in [-0.2, 0) is 16.1 Å². The Kier molecular flexibility index (Phi) is 7.16. The summed E-state index contributed by atoms with van der Waals surface area (Å²) in [6, 6.07) is 14.4. The minimum Gasteiger partial charge on any atom is -0.383 e. The fourth-order valence-electron chi connectivity index (χ4n) is 5.41. The molecule has 2 aromatic rings. The maximum atomic E-state index is 12.8. The largest absolute Gasteiger partial charge is 0.383 e. The van der Waals surface area contributed by atoms with Gasteiger partial charge in [0.05, 0.1) is 18.2 Å². The molecule has 2 fully saturated rings. The highest BCUT2D eigenvalue weighted by Crippen LogP contribution is 2.32. The molecule has 0 unspecified atom stereocenters. The van der Waals surface area contributed by atoms with Crippen LogP contribution in [0.1, 0.15) is 53.6 Å². The van der Waals surface area contributed by atoms with Gasteiger partial charge in [-0.25, -0.2) is 0 Å². The second-order valence-corrected chi connectivity index (χ2v) is 9.69. The second kappa shape index (κ2) is 10.6. The molecule has 0 bridgehead atoms. The number of carbonyl (C=O) groups excluding carboxylic acids is 2. The summed E-state index contributed by atoms with van der Waals surface area (Å²) >= 11 is 0. The second-order valence-electron chi connectivity index (χ2n) is 9.69. The van der Waals surface area contributed by atoms with Crippen molar-refractivity contribution in [2.75, 3.05) is 43.6 Å². The van der Waals surface area contributed by atoms with Crippen molar-refractivity contribution in [3.8, 4) is 0 Å². The number of nitrogens with one attached hydrogen (secondary N) is 2. The van der Waals surface area contributed by atoms with E-state index in [1.807, 2.05) is 30.3 Å². The van der Waals surface area contributed by atoms with Crippen LogP contribution in [0.15, 0.2) is 48.7 Å². The van der Waals surface area contributed by atoms with Gasteiger partial charge < -0.3 is 15.0 Å². The number of anilines is 2. The summed E-state index contributed by atoms with van der Waals surface area (Å²) in [5.74, 6) is -0.741. The molecule has 3 heterocycles. The average Bonchev–Trinajstić information content (AvgIpc) is 3.34. The van der Waals surface area contributed by atoms with Crippen LogP contribution in [0.3, 0.4) is 0 Å². The van der Waals surface area contributed by atoms with E-state index in [0.29, 0.717) is 29.3 Å². The summed E-state index contributed by atoms with van der Waals surface area (Å²) in [4.78, 5) is 30.1. The number of hydrogen-bond donors (Lipinski definition) is 2. The van der Waals surface area contributed by atoms with Gasteiger partial charge in [-0.05, 0) is 74.7 Å². The molecule has 3 aliphatic heterocycles. The van der Waals surface area contributed by atoms with Gasteiger partial charge in [0, 0.05) is 48.9 Å². The summed E-state index contributed by atoms with van der Waals surface area (Å²) in [6.07, 6.45) is 7.78. The molecular weight excluding hydrogens is 440 g/mol. The topological polar surface area (TPSA) is 73.9 Å². The Morgan fingerprint density at radius 1 is 0.971 bits per heavy atom. The van der Waals surface area contributed by atoms with Gasteiger partial charge in [0.15, 0.2) is 0 Å². The first-order chi connectivity index (χ1) is 17.1. The number of likely N-dealkylation sites (tertiary alicyclic amines) is 1. The lowest BCUT2D eigenvalue weighted by atomic mass is 9.94. The molecule has 5 rings (SSSR count). The Labute approximate surface area is 207 Å². The number of fused-ring (bicyclic) bond motifs is 1. The van der Waals surface area contributed by atoms with Crippen LogP contribution >= 0.6 is 0 Å². The number of rotatable bonds is 7. The van der Waals surface area contributed by atoms with E-state index in [9.17, 15) is 9.59 Å².